The van der Waals surface area contributed by atoms with Crippen LogP contribution >= 0.6 is 0 Å². The molecule has 0 N–H and O–H groups in total. The highest BCUT2D eigenvalue weighted by Gasteiger charge is 2.21. The fourth-order valence-electron chi connectivity index (χ4n) is 1.14. The van der Waals surface area contributed by atoms with Gasteiger partial charge in [0.05, 0.1) is 0 Å². The van der Waals surface area contributed by atoms with Crippen molar-refractivity contribution in [3.8, 4) is 12.3 Å². The van der Waals surface area contributed by atoms with Crippen LogP contribution in [0.5, 0.6) is 0 Å². The molecule has 1 heteroatoms. The number of terminal acetylenes is 1. The van der Waals surface area contributed by atoms with E-state index in [2.05, 4.69) is 33.6 Å². The first kappa shape index (κ1) is 13.2. The lowest BCUT2D eigenvalue weighted by molar-refractivity contribution is -0.120. The quantitative estimate of drug-likeness (QED) is 0.484. The van der Waals surface area contributed by atoms with Gasteiger partial charge >= 0.3 is 0 Å². The number of Topliss-reactive ketones (excluding diaryl/α,β-unsaturated/α-hetero) is 1. The van der Waals surface area contributed by atoms with E-state index in [1.165, 1.54) is 0 Å². The van der Waals surface area contributed by atoms with Crippen molar-refractivity contribution in [3.05, 3.63) is 0 Å². The summed E-state index contributed by atoms with van der Waals surface area (Å²) >= 11 is 0. The molecule has 14 heavy (non-hydrogen) atoms. The smallest absolute Gasteiger partial charge is 0.133 e. The van der Waals surface area contributed by atoms with Crippen LogP contribution in [0.25, 0.3) is 0 Å². The highest BCUT2D eigenvalue weighted by molar-refractivity contribution is 5.78. The Morgan fingerprint density at radius 1 is 1.43 bits per heavy atom. The van der Waals surface area contributed by atoms with Crippen LogP contribution in [0.2, 0.25) is 0 Å². The SMILES string of the molecule is C#CCCCC(=O)CC(C)C(C)(C)C. The molecule has 80 valence electrons. The van der Waals surface area contributed by atoms with Gasteiger partial charge in [-0.25, -0.2) is 0 Å². The van der Waals surface area contributed by atoms with Crippen LogP contribution < -0.4 is 0 Å². The summed E-state index contributed by atoms with van der Waals surface area (Å²) in [7, 11) is 0. The van der Waals surface area contributed by atoms with E-state index >= 15 is 0 Å². The van der Waals surface area contributed by atoms with Crippen LogP contribution in [-0.2, 0) is 4.79 Å². The summed E-state index contributed by atoms with van der Waals surface area (Å²) in [6.07, 6.45) is 8.01. The van der Waals surface area contributed by atoms with Crippen LogP contribution in [-0.4, -0.2) is 5.78 Å². The molecule has 0 radical (unpaired) electrons. The first-order valence-corrected chi connectivity index (χ1v) is 5.33. The third-order valence-electron chi connectivity index (χ3n) is 2.79. The molecular weight excluding hydrogens is 172 g/mol. The minimum Gasteiger partial charge on any atom is -0.300 e. The zero-order valence-corrected chi connectivity index (χ0v) is 9.89. The molecular formula is C13H22O. The fourth-order valence-corrected chi connectivity index (χ4v) is 1.14. The molecule has 0 rings (SSSR count). The predicted molar refractivity (Wildman–Crippen MR) is 60.9 cm³/mol. The van der Waals surface area contributed by atoms with Crippen LogP contribution in [0.1, 0.15) is 53.4 Å². The van der Waals surface area contributed by atoms with Gasteiger partial charge in [-0.3, -0.25) is 4.79 Å². The summed E-state index contributed by atoms with van der Waals surface area (Å²) in [5, 5.41) is 0. The van der Waals surface area contributed by atoms with Gasteiger partial charge in [0, 0.05) is 19.3 Å². The van der Waals surface area contributed by atoms with Gasteiger partial charge in [-0.05, 0) is 17.8 Å². The summed E-state index contributed by atoms with van der Waals surface area (Å²) in [5.41, 5.74) is 0.224. The van der Waals surface area contributed by atoms with Gasteiger partial charge in [-0.15, -0.1) is 12.3 Å². The summed E-state index contributed by atoms with van der Waals surface area (Å²) in [6.45, 7) is 8.66. The average Bonchev–Trinajstić information content (AvgIpc) is 2.03. The molecule has 0 saturated carbocycles. The minimum absolute atomic E-state index is 0.224. The second-order valence-electron chi connectivity index (χ2n) is 5.07. The van der Waals surface area contributed by atoms with Crippen molar-refractivity contribution < 1.29 is 4.79 Å². The predicted octanol–water partition coefficient (Wildman–Crippen LogP) is 3.43. The Morgan fingerprint density at radius 2 is 2.00 bits per heavy atom. The van der Waals surface area contributed by atoms with E-state index in [4.69, 9.17) is 6.42 Å². The zero-order valence-electron chi connectivity index (χ0n) is 9.89. The molecule has 0 spiro atoms. The topological polar surface area (TPSA) is 17.1 Å². The van der Waals surface area contributed by atoms with Gasteiger partial charge in [0.25, 0.3) is 0 Å². The molecule has 0 fully saturated rings. The standard InChI is InChI=1S/C13H22O/c1-6-7-8-9-12(14)10-11(2)13(3,4)5/h1,11H,7-10H2,2-5H3. The molecule has 0 aliphatic rings. The largest absolute Gasteiger partial charge is 0.300 e. The Balaban J connectivity index is 3.79. The molecule has 0 bridgehead atoms. The van der Waals surface area contributed by atoms with Crippen LogP contribution in [0, 0.1) is 23.7 Å². The van der Waals surface area contributed by atoms with Crippen LogP contribution in [0.15, 0.2) is 0 Å². The van der Waals surface area contributed by atoms with Gasteiger partial charge in [-0.1, -0.05) is 27.7 Å². The molecule has 0 aliphatic carbocycles. The average molecular weight is 194 g/mol. The summed E-state index contributed by atoms with van der Waals surface area (Å²) in [4.78, 5) is 11.5. The van der Waals surface area contributed by atoms with Crippen molar-refractivity contribution in [1.82, 2.24) is 0 Å². The highest BCUT2D eigenvalue weighted by Crippen LogP contribution is 2.28. The second-order valence-corrected chi connectivity index (χ2v) is 5.07. The summed E-state index contributed by atoms with van der Waals surface area (Å²) in [6, 6.07) is 0. The summed E-state index contributed by atoms with van der Waals surface area (Å²) in [5.74, 6) is 3.35. The number of hydrogen-bond donors (Lipinski definition) is 0. The molecule has 0 heterocycles. The fraction of sp³-hybridized carbons (Fsp3) is 0.769. The summed E-state index contributed by atoms with van der Waals surface area (Å²) < 4.78 is 0. The molecule has 1 nitrogen and oxygen atoms in total. The van der Waals surface area contributed by atoms with E-state index in [1.807, 2.05) is 0 Å². The van der Waals surface area contributed by atoms with E-state index in [0.717, 1.165) is 12.8 Å². The lowest BCUT2D eigenvalue weighted by Crippen LogP contribution is -2.20. The maximum Gasteiger partial charge on any atom is 0.133 e. The second kappa shape index (κ2) is 5.86. The minimum atomic E-state index is 0.224. The van der Waals surface area contributed by atoms with Crippen molar-refractivity contribution in [2.24, 2.45) is 11.3 Å². The molecule has 1 atom stereocenters. The third-order valence-corrected chi connectivity index (χ3v) is 2.79. The van der Waals surface area contributed by atoms with Crippen LogP contribution in [0.3, 0.4) is 0 Å². The first-order chi connectivity index (χ1) is 6.38. The van der Waals surface area contributed by atoms with E-state index in [-0.39, 0.29) is 5.41 Å². The molecule has 0 aliphatic heterocycles. The molecule has 0 aromatic heterocycles. The number of carbonyl (C=O) groups excluding carboxylic acids is 1. The van der Waals surface area contributed by atoms with Crippen molar-refractivity contribution in [1.29, 1.82) is 0 Å². The first-order valence-electron chi connectivity index (χ1n) is 5.33. The van der Waals surface area contributed by atoms with Gasteiger partial charge in [0.1, 0.15) is 5.78 Å². The number of rotatable bonds is 5. The molecule has 0 aromatic rings. The molecule has 0 saturated heterocycles. The number of hydrogen-bond acceptors (Lipinski definition) is 1. The van der Waals surface area contributed by atoms with E-state index < -0.39 is 0 Å². The van der Waals surface area contributed by atoms with Gasteiger partial charge in [0.2, 0.25) is 0 Å². The lowest BCUT2D eigenvalue weighted by Gasteiger charge is -2.26. The Bertz CT molecular complexity index is 214. The van der Waals surface area contributed by atoms with Gasteiger partial charge in [0.15, 0.2) is 0 Å². The highest BCUT2D eigenvalue weighted by atomic mass is 16.1. The number of ketones is 1. The maximum absolute atomic E-state index is 11.5. The van der Waals surface area contributed by atoms with Crippen LogP contribution in [0.4, 0.5) is 0 Å². The maximum atomic E-state index is 11.5. The monoisotopic (exact) mass is 194 g/mol. The number of unbranched alkanes of at least 4 members (excludes halogenated alkanes) is 1. The van der Waals surface area contributed by atoms with Crippen molar-refractivity contribution in [2.75, 3.05) is 0 Å². The van der Waals surface area contributed by atoms with Crippen molar-refractivity contribution >= 4 is 5.78 Å². The van der Waals surface area contributed by atoms with Gasteiger partial charge < -0.3 is 0 Å². The molecule has 0 amide bonds. The Kier molecular flexibility index (Phi) is 5.53. The van der Waals surface area contributed by atoms with Crippen molar-refractivity contribution in [2.45, 2.75) is 53.4 Å². The Morgan fingerprint density at radius 3 is 2.43 bits per heavy atom. The Hall–Kier alpha value is -0.770. The van der Waals surface area contributed by atoms with E-state index in [1.54, 1.807) is 0 Å². The zero-order chi connectivity index (χ0) is 11.2. The van der Waals surface area contributed by atoms with E-state index in [9.17, 15) is 4.79 Å². The Labute approximate surface area is 88.3 Å². The van der Waals surface area contributed by atoms with Crippen molar-refractivity contribution in [3.63, 3.8) is 0 Å². The molecule has 1 unspecified atom stereocenters. The van der Waals surface area contributed by atoms with E-state index in [0.29, 0.717) is 24.5 Å². The normalized spacial score (nSPS) is 13.4. The number of carbonyl (C=O) groups is 1. The molecule has 0 aromatic carbocycles. The lowest BCUT2D eigenvalue weighted by atomic mass is 9.79. The van der Waals surface area contributed by atoms with Gasteiger partial charge in [-0.2, -0.15) is 0 Å². The third kappa shape index (κ3) is 5.80.